The lowest BCUT2D eigenvalue weighted by Gasteiger charge is -2.35. The second-order valence-corrected chi connectivity index (χ2v) is 8.04. The quantitative estimate of drug-likeness (QED) is 0.778. The van der Waals surface area contributed by atoms with Crippen molar-refractivity contribution in [2.24, 2.45) is 0 Å². The lowest BCUT2D eigenvalue weighted by Crippen LogP contribution is -2.51. The molecule has 1 saturated heterocycles. The molecule has 0 bridgehead atoms. The van der Waals surface area contributed by atoms with Gasteiger partial charge in [-0.1, -0.05) is 25.1 Å². The van der Waals surface area contributed by atoms with E-state index in [1.54, 1.807) is 0 Å². The fourth-order valence-electron chi connectivity index (χ4n) is 4.52. The van der Waals surface area contributed by atoms with Gasteiger partial charge in [-0.15, -0.1) is 0 Å². The third-order valence-electron chi connectivity index (χ3n) is 6.38. The molecule has 29 heavy (non-hydrogen) atoms. The molecular weight excluding hydrogens is 364 g/mol. The number of rotatable bonds is 4. The molecule has 4 rings (SSSR count). The number of fused-ring (bicyclic) bond motifs is 1. The molecule has 2 aliphatic rings. The Bertz CT molecular complexity index is 965. The molecule has 2 N–H and O–H groups in total. The lowest BCUT2D eigenvalue weighted by molar-refractivity contribution is -0.138. The maximum Gasteiger partial charge on any atom is 0.255 e. The van der Waals surface area contributed by atoms with Crippen LogP contribution in [0.2, 0.25) is 0 Å². The SMILES string of the molecule is CCC1(c2ccc(NC(=O)c3ccc4c(c3)CCCC4)cc2)CCC(=O)NC1=O. The summed E-state index contributed by atoms with van der Waals surface area (Å²) in [6.45, 7) is 1.96. The van der Waals surface area contributed by atoms with E-state index < -0.39 is 5.41 Å². The molecular formula is C24H26N2O3. The van der Waals surface area contributed by atoms with Crippen LogP contribution in [0.3, 0.4) is 0 Å². The van der Waals surface area contributed by atoms with Gasteiger partial charge in [0.05, 0.1) is 5.41 Å². The van der Waals surface area contributed by atoms with Crippen LogP contribution in [0.5, 0.6) is 0 Å². The maximum absolute atomic E-state index is 12.7. The molecule has 0 aromatic heterocycles. The van der Waals surface area contributed by atoms with Crippen molar-refractivity contribution in [3.63, 3.8) is 0 Å². The zero-order valence-corrected chi connectivity index (χ0v) is 16.7. The molecule has 1 aliphatic carbocycles. The molecule has 3 amide bonds. The molecule has 0 saturated carbocycles. The Balaban J connectivity index is 1.50. The molecule has 150 valence electrons. The van der Waals surface area contributed by atoms with Crippen LogP contribution in [0.1, 0.15) is 66.1 Å². The van der Waals surface area contributed by atoms with E-state index in [1.165, 1.54) is 24.0 Å². The molecule has 2 aromatic rings. The third-order valence-corrected chi connectivity index (χ3v) is 6.38. The summed E-state index contributed by atoms with van der Waals surface area (Å²) >= 11 is 0. The van der Waals surface area contributed by atoms with Gasteiger partial charge in [-0.05, 0) is 79.5 Å². The van der Waals surface area contributed by atoms with E-state index in [0.29, 0.717) is 30.5 Å². The molecule has 1 aliphatic heterocycles. The number of carbonyl (C=O) groups excluding carboxylic acids is 3. The minimum atomic E-state index is -0.686. The predicted octanol–water partition coefficient (Wildman–Crippen LogP) is 3.90. The van der Waals surface area contributed by atoms with Crippen LogP contribution in [-0.2, 0) is 27.8 Å². The Hall–Kier alpha value is -2.95. The van der Waals surface area contributed by atoms with Crippen molar-refractivity contribution >= 4 is 23.4 Å². The van der Waals surface area contributed by atoms with E-state index in [9.17, 15) is 14.4 Å². The van der Waals surface area contributed by atoms with Gasteiger partial charge in [-0.2, -0.15) is 0 Å². The van der Waals surface area contributed by atoms with Gasteiger partial charge in [0.15, 0.2) is 0 Å². The summed E-state index contributed by atoms with van der Waals surface area (Å²) < 4.78 is 0. The fourth-order valence-corrected chi connectivity index (χ4v) is 4.52. The van der Waals surface area contributed by atoms with Crippen molar-refractivity contribution in [2.45, 2.75) is 57.3 Å². The van der Waals surface area contributed by atoms with Gasteiger partial charge < -0.3 is 5.32 Å². The van der Waals surface area contributed by atoms with Crippen molar-refractivity contribution in [3.05, 3.63) is 64.7 Å². The minimum Gasteiger partial charge on any atom is -0.322 e. The Labute approximate surface area is 170 Å². The van der Waals surface area contributed by atoms with Crippen molar-refractivity contribution in [1.29, 1.82) is 0 Å². The second-order valence-electron chi connectivity index (χ2n) is 8.04. The zero-order valence-electron chi connectivity index (χ0n) is 16.7. The number of imide groups is 1. The summed E-state index contributed by atoms with van der Waals surface area (Å²) in [7, 11) is 0. The maximum atomic E-state index is 12.7. The highest BCUT2D eigenvalue weighted by molar-refractivity contribution is 6.05. The van der Waals surface area contributed by atoms with Gasteiger partial charge in [-0.25, -0.2) is 0 Å². The summed E-state index contributed by atoms with van der Waals surface area (Å²) in [4.78, 5) is 36.7. The van der Waals surface area contributed by atoms with Crippen LogP contribution < -0.4 is 10.6 Å². The molecule has 2 aromatic carbocycles. The molecule has 1 fully saturated rings. The highest BCUT2D eigenvalue weighted by Crippen LogP contribution is 2.36. The monoisotopic (exact) mass is 390 g/mol. The zero-order chi connectivity index (χ0) is 20.4. The summed E-state index contributed by atoms with van der Waals surface area (Å²) in [6.07, 6.45) is 6.00. The van der Waals surface area contributed by atoms with Crippen LogP contribution in [0.4, 0.5) is 5.69 Å². The Morgan fingerprint density at radius 3 is 2.41 bits per heavy atom. The van der Waals surface area contributed by atoms with E-state index in [0.717, 1.165) is 18.4 Å². The van der Waals surface area contributed by atoms with E-state index in [2.05, 4.69) is 16.7 Å². The topological polar surface area (TPSA) is 75.3 Å². The van der Waals surface area contributed by atoms with Crippen molar-refractivity contribution in [3.8, 4) is 0 Å². The van der Waals surface area contributed by atoms with Crippen LogP contribution in [-0.4, -0.2) is 17.7 Å². The number of piperidine rings is 1. The Kier molecular flexibility index (Phi) is 5.22. The highest BCUT2D eigenvalue weighted by Gasteiger charge is 2.42. The van der Waals surface area contributed by atoms with Gasteiger partial charge in [-0.3, -0.25) is 19.7 Å². The van der Waals surface area contributed by atoms with Crippen molar-refractivity contribution in [1.82, 2.24) is 5.32 Å². The molecule has 5 nitrogen and oxygen atoms in total. The molecule has 1 unspecified atom stereocenters. The first-order valence-electron chi connectivity index (χ1n) is 10.4. The highest BCUT2D eigenvalue weighted by atomic mass is 16.2. The summed E-state index contributed by atoms with van der Waals surface area (Å²) in [6, 6.07) is 13.4. The summed E-state index contributed by atoms with van der Waals surface area (Å²) in [5, 5.41) is 5.42. The first-order valence-corrected chi connectivity index (χ1v) is 10.4. The average Bonchev–Trinajstić information content (AvgIpc) is 2.74. The number of hydrogen-bond acceptors (Lipinski definition) is 3. The van der Waals surface area contributed by atoms with Crippen molar-refractivity contribution in [2.75, 3.05) is 5.32 Å². The normalized spacial score (nSPS) is 21.3. The first kappa shape index (κ1) is 19.4. The van der Waals surface area contributed by atoms with E-state index in [4.69, 9.17) is 0 Å². The summed E-state index contributed by atoms with van der Waals surface area (Å²) in [5.41, 5.74) is 4.18. The molecule has 5 heteroatoms. The smallest absolute Gasteiger partial charge is 0.255 e. The molecule has 1 heterocycles. The number of aryl methyl sites for hydroxylation is 2. The standard InChI is InChI=1S/C24H26N2O3/c1-2-24(14-13-21(27)26-23(24)29)19-9-11-20(12-10-19)25-22(28)18-8-7-16-5-3-4-6-17(16)15-18/h7-12,15H,2-6,13-14H2,1H3,(H,25,28)(H,26,27,29). The molecule has 1 atom stereocenters. The van der Waals surface area contributed by atoms with Gasteiger partial charge in [0.1, 0.15) is 0 Å². The van der Waals surface area contributed by atoms with Gasteiger partial charge >= 0.3 is 0 Å². The number of nitrogens with one attached hydrogen (secondary N) is 2. The van der Waals surface area contributed by atoms with Crippen molar-refractivity contribution < 1.29 is 14.4 Å². The lowest BCUT2D eigenvalue weighted by atomic mass is 9.72. The third kappa shape index (κ3) is 3.69. The number of anilines is 1. The van der Waals surface area contributed by atoms with Crippen LogP contribution in [0.15, 0.2) is 42.5 Å². The number of amides is 3. The molecule has 0 spiro atoms. The minimum absolute atomic E-state index is 0.127. The Morgan fingerprint density at radius 1 is 1.00 bits per heavy atom. The van der Waals surface area contributed by atoms with Crippen LogP contribution in [0, 0.1) is 0 Å². The van der Waals surface area contributed by atoms with Crippen LogP contribution in [0.25, 0.3) is 0 Å². The van der Waals surface area contributed by atoms with E-state index in [-0.39, 0.29) is 17.7 Å². The first-order chi connectivity index (χ1) is 14.0. The number of hydrogen-bond donors (Lipinski definition) is 2. The van der Waals surface area contributed by atoms with E-state index in [1.807, 2.05) is 43.3 Å². The van der Waals surface area contributed by atoms with Gasteiger partial charge in [0.25, 0.3) is 5.91 Å². The number of benzene rings is 2. The van der Waals surface area contributed by atoms with E-state index >= 15 is 0 Å². The second kappa shape index (κ2) is 7.82. The number of carbonyl (C=O) groups is 3. The Morgan fingerprint density at radius 2 is 1.72 bits per heavy atom. The van der Waals surface area contributed by atoms with Gasteiger partial charge in [0.2, 0.25) is 11.8 Å². The predicted molar refractivity (Wildman–Crippen MR) is 112 cm³/mol. The molecule has 0 radical (unpaired) electrons. The average molecular weight is 390 g/mol. The largest absolute Gasteiger partial charge is 0.322 e. The fraction of sp³-hybridized carbons (Fsp3) is 0.375. The van der Waals surface area contributed by atoms with Gasteiger partial charge in [0, 0.05) is 17.7 Å². The summed E-state index contributed by atoms with van der Waals surface area (Å²) in [5.74, 6) is -0.576. The van der Waals surface area contributed by atoms with Crippen LogP contribution >= 0.6 is 0 Å².